The highest BCUT2D eigenvalue weighted by Gasteiger charge is 2.33. The van der Waals surface area contributed by atoms with Gasteiger partial charge in [0.1, 0.15) is 0 Å². The van der Waals surface area contributed by atoms with Gasteiger partial charge in [-0.15, -0.1) is 0 Å². The summed E-state index contributed by atoms with van der Waals surface area (Å²) in [6.45, 7) is 2.61. The van der Waals surface area contributed by atoms with Crippen LogP contribution in [-0.2, 0) is 22.7 Å². The van der Waals surface area contributed by atoms with E-state index in [9.17, 15) is 13.5 Å². The normalized spacial score (nSPS) is 16.6. The number of hydrogen-bond donors (Lipinski definition) is 1. The molecule has 0 aliphatic heterocycles. The smallest absolute Gasteiger partial charge is 0.207 e. The van der Waals surface area contributed by atoms with Crippen molar-refractivity contribution >= 4 is 9.84 Å². The van der Waals surface area contributed by atoms with Crippen LogP contribution in [0.1, 0.15) is 37.8 Å². The monoisotopic (exact) mass is 254 g/mol. The van der Waals surface area contributed by atoms with E-state index in [4.69, 9.17) is 0 Å². The highest BCUT2D eigenvalue weighted by atomic mass is 32.2. The van der Waals surface area contributed by atoms with Crippen LogP contribution in [0.2, 0.25) is 0 Å². The Morgan fingerprint density at radius 3 is 2.29 bits per heavy atom. The minimum atomic E-state index is -3.65. The molecular formula is C13H18O3S. The molecule has 0 atom stereocenters. The van der Waals surface area contributed by atoms with E-state index in [-0.39, 0.29) is 4.90 Å². The number of benzene rings is 1. The largest absolute Gasteiger partial charge is 0.374 e. The van der Waals surface area contributed by atoms with Gasteiger partial charge in [-0.25, -0.2) is 8.42 Å². The van der Waals surface area contributed by atoms with Crippen LogP contribution < -0.4 is 0 Å². The molecule has 1 aromatic carbocycles. The van der Waals surface area contributed by atoms with Crippen molar-refractivity contribution in [3.05, 3.63) is 29.3 Å². The van der Waals surface area contributed by atoms with Gasteiger partial charge < -0.3 is 5.11 Å². The lowest BCUT2D eigenvalue weighted by Gasteiger charge is -2.21. The minimum absolute atomic E-state index is 0.227. The molecule has 0 spiro atoms. The van der Waals surface area contributed by atoms with Crippen molar-refractivity contribution in [2.45, 2.75) is 49.4 Å². The zero-order valence-electron chi connectivity index (χ0n) is 10.2. The van der Waals surface area contributed by atoms with Crippen LogP contribution in [-0.4, -0.2) is 18.5 Å². The van der Waals surface area contributed by atoms with E-state index in [0.717, 1.165) is 24.8 Å². The first-order valence-electron chi connectivity index (χ1n) is 5.91. The van der Waals surface area contributed by atoms with Crippen LogP contribution in [0.15, 0.2) is 23.1 Å². The maximum atomic E-state index is 12.1. The zero-order valence-corrected chi connectivity index (χ0v) is 11.0. The first kappa shape index (κ1) is 12.6. The molecule has 0 aromatic heterocycles. The molecule has 0 saturated heterocycles. The standard InChI is InChI=1S/C13H18O3S/c1-13(2,14)17(15,16)12-8-7-10-5-3-4-6-11(10)9-12/h7-9,14H,3-6H2,1-2H3. The summed E-state index contributed by atoms with van der Waals surface area (Å²) in [4.78, 5) is -1.50. The Labute approximate surface area is 102 Å². The lowest BCUT2D eigenvalue weighted by molar-refractivity contribution is 0.165. The Bertz CT molecular complexity index is 524. The van der Waals surface area contributed by atoms with Crippen LogP contribution in [0.25, 0.3) is 0 Å². The van der Waals surface area contributed by atoms with E-state index in [2.05, 4.69) is 0 Å². The molecular weight excluding hydrogens is 236 g/mol. The van der Waals surface area contributed by atoms with E-state index in [0.29, 0.717) is 0 Å². The highest BCUT2D eigenvalue weighted by molar-refractivity contribution is 7.92. The highest BCUT2D eigenvalue weighted by Crippen LogP contribution is 2.28. The van der Waals surface area contributed by atoms with Crippen molar-refractivity contribution in [1.82, 2.24) is 0 Å². The molecule has 3 nitrogen and oxygen atoms in total. The fourth-order valence-corrected chi connectivity index (χ4v) is 3.29. The maximum Gasteiger partial charge on any atom is 0.207 e. The van der Waals surface area contributed by atoms with Gasteiger partial charge in [0.05, 0.1) is 4.90 Å². The average Bonchev–Trinajstić information content (AvgIpc) is 2.27. The fourth-order valence-electron chi connectivity index (χ4n) is 2.17. The van der Waals surface area contributed by atoms with E-state index < -0.39 is 14.8 Å². The summed E-state index contributed by atoms with van der Waals surface area (Å²) < 4.78 is 24.2. The van der Waals surface area contributed by atoms with Crippen LogP contribution in [0, 0.1) is 0 Å². The van der Waals surface area contributed by atoms with Gasteiger partial charge in [0, 0.05) is 0 Å². The second-order valence-electron chi connectivity index (χ2n) is 5.09. The predicted molar refractivity (Wildman–Crippen MR) is 66.6 cm³/mol. The van der Waals surface area contributed by atoms with Crippen LogP contribution in [0.4, 0.5) is 0 Å². The lowest BCUT2D eigenvalue weighted by atomic mass is 9.92. The fraction of sp³-hybridized carbons (Fsp3) is 0.538. The number of aliphatic hydroxyl groups is 1. The van der Waals surface area contributed by atoms with Gasteiger partial charge in [-0.2, -0.15) is 0 Å². The summed E-state index contributed by atoms with van der Waals surface area (Å²) in [5.41, 5.74) is 2.35. The van der Waals surface area contributed by atoms with E-state index in [1.165, 1.54) is 25.8 Å². The Hall–Kier alpha value is -0.870. The molecule has 1 aromatic rings. The van der Waals surface area contributed by atoms with Crippen molar-refractivity contribution in [2.75, 3.05) is 0 Å². The molecule has 4 heteroatoms. The third-order valence-electron chi connectivity index (χ3n) is 3.29. The number of rotatable bonds is 2. The predicted octanol–water partition coefficient (Wildman–Crippen LogP) is 2.07. The van der Waals surface area contributed by atoms with Gasteiger partial charge in [0.2, 0.25) is 9.84 Å². The second-order valence-corrected chi connectivity index (χ2v) is 7.57. The molecule has 2 rings (SSSR count). The van der Waals surface area contributed by atoms with Gasteiger partial charge in [-0.1, -0.05) is 6.07 Å². The second kappa shape index (κ2) is 4.10. The van der Waals surface area contributed by atoms with Gasteiger partial charge in [-0.05, 0) is 62.8 Å². The number of aryl methyl sites for hydroxylation is 2. The Kier molecular flexibility index (Phi) is 3.04. The SMILES string of the molecule is CC(C)(O)S(=O)(=O)c1ccc2c(c1)CCCC2. The quantitative estimate of drug-likeness (QED) is 0.879. The summed E-state index contributed by atoms with van der Waals surface area (Å²) in [6, 6.07) is 5.21. The average molecular weight is 254 g/mol. The van der Waals surface area contributed by atoms with Crippen molar-refractivity contribution in [2.24, 2.45) is 0 Å². The zero-order chi connectivity index (χ0) is 12.7. The van der Waals surface area contributed by atoms with Crippen molar-refractivity contribution < 1.29 is 13.5 Å². The minimum Gasteiger partial charge on any atom is -0.374 e. The van der Waals surface area contributed by atoms with Crippen LogP contribution in [0.5, 0.6) is 0 Å². The van der Waals surface area contributed by atoms with Crippen molar-refractivity contribution in [3.63, 3.8) is 0 Å². The summed E-state index contributed by atoms with van der Waals surface area (Å²) in [5, 5.41) is 9.71. The molecule has 0 bridgehead atoms. The molecule has 0 radical (unpaired) electrons. The molecule has 1 N–H and O–H groups in total. The summed E-state index contributed by atoms with van der Waals surface area (Å²) in [6.07, 6.45) is 4.24. The third-order valence-corrected chi connectivity index (χ3v) is 5.48. The van der Waals surface area contributed by atoms with E-state index in [1.54, 1.807) is 12.1 Å². The maximum absolute atomic E-state index is 12.1. The van der Waals surface area contributed by atoms with Gasteiger partial charge in [-0.3, -0.25) is 0 Å². The number of hydrogen-bond acceptors (Lipinski definition) is 3. The van der Waals surface area contributed by atoms with Crippen molar-refractivity contribution in [1.29, 1.82) is 0 Å². The van der Waals surface area contributed by atoms with Crippen LogP contribution >= 0.6 is 0 Å². The van der Waals surface area contributed by atoms with Gasteiger partial charge in [0.25, 0.3) is 0 Å². The number of fused-ring (bicyclic) bond motifs is 1. The van der Waals surface area contributed by atoms with E-state index in [1.807, 2.05) is 6.07 Å². The summed E-state index contributed by atoms with van der Waals surface area (Å²) in [7, 11) is -3.65. The molecule has 0 heterocycles. The Morgan fingerprint density at radius 1 is 1.12 bits per heavy atom. The lowest BCUT2D eigenvalue weighted by Crippen LogP contribution is -2.31. The van der Waals surface area contributed by atoms with E-state index >= 15 is 0 Å². The molecule has 0 fully saturated rings. The van der Waals surface area contributed by atoms with Gasteiger partial charge >= 0.3 is 0 Å². The third kappa shape index (κ3) is 2.24. The van der Waals surface area contributed by atoms with Gasteiger partial charge in [0.15, 0.2) is 4.93 Å². The molecule has 0 saturated carbocycles. The first-order chi connectivity index (χ1) is 7.82. The Morgan fingerprint density at radius 2 is 1.71 bits per heavy atom. The summed E-state index contributed by atoms with van der Waals surface area (Å²) >= 11 is 0. The molecule has 1 aliphatic rings. The first-order valence-corrected chi connectivity index (χ1v) is 7.39. The summed E-state index contributed by atoms with van der Waals surface area (Å²) in [5.74, 6) is 0. The van der Waals surface area contributed by atoms with Crippen molar-refractivity contribution in [3.8, 4) is 0 Å². The topological polar surface area (TPSA) is 54.4 Å². The number of sulfone groups is 1. The van der Waals surface area contributed by atoms with Crippen LogP contribution in [0.3, 0.4) is 0 Å². The Balaban J connectivity index is 2.48. The molecule has 94 valence electrons. The molecule has 17 heavy (non-hydrogen) atoms. The molecule has 1 aliphatic carbocycles. The molecule has 0 unspecified atom stereocenters. The molecule has 0 amide bonds.